The van der Waals surface area contributed by atoms with Gasteiger partial charge < -0.3 is 20.1 Å². The summed E-state index contributed by atoms with van der Waals surface area (Å²) in [5, 5.41) is 9.63. The van der Waals surface area contributed by atoms with Crippen molar-refractivity contribution < 1.29 is 14.1 Å². The maximum atomic E-state index is 12.1. The second kappa shape index (κ2) is 8.77. The molecule has 0 atom stereocenters. The Hall–Kier alpha value is -2.19. The van der Waals surface area contributed by atoms with Gasteiger partial charge in [-0.05, 0) is 25.1 Å². The molecule has 0 aliphatic carbocycles. The van der Waals surface area contributed by atoms with Gasteiger partial charge in [0.2, 0.25) is 11.8 Å². The summed E-state index contributed by atoms with van der Waals surface area (Å²) in [5.74, 6) is 0.797. The van der Waals surface area contributed by atoms with Gasteiger partial charge in [0.15, 0.2) is 5.82 Å². The van der Waals surface area contributed by atoms with Crippen molar-refractivity contribution >= 4 is 52.4 Å². The minimum Gasteiger partial charge on any atom is -0.376 e. The number of aromatic nitrogens is 1. The molecule has 134 valence electrons. The zero-order chi connectivity index (χ0) is 18.4. The molecule has 0 saturated heterocycles. The largest absolute Gasteiger partial charge is 0.376 e. The molecular formula is C16H19ClN4O3S. The lowest BCUT2D eigenvalue weighted by molar-refractivity contribution is -0.114. The molecular weight excluding hydrogens is 364 g/mol. The van der Waals surface area contributed by atoms with Crippen LogP contribution in [0.5, 0.6) is 0 Å². The average molecular weight is 383 g/mol. The highest BCUT2D eigenvalue weighted by molar-refractivity contribution is 8.00. The summed E-state index contributed by atoms with van der Waals surface area (Å²) < 4.78 is 4.86. The molecule has 1 aromatic heterocycles. The minimum absolute atomic E-state index is 0.134. The molecule has 25 heavy (non-hydrogen) atoms. The fourth-order valence-electron chi connectivity index (χ4n) is 2.03. The fourth-order valence-corrected chi connectivity index (χ4v) is 2.81. The summed E-state index contributed by atoms with van der Waals surface area (Å²) in [6.45, 7) is 1.74. The van der Waals surface area contributed by atoms with Crippen LogP contribution in [0, 0.1) is 6.92 Å². The number of amides is 2. The molecule has 0 spiro atoms. The molecule has 0 radical (unpaired) electrons. The lowest BCUT2D eigenvalue weighted by Gasteiger charge is -2.18. The first-order valence-electron chi connectivity index (χ1n) is 7.43. The first kappa shape index (κ1) is 19.1. The van der Waals surface area contributed by atoms with E-state index >= 15 is 0 Å². The molecule has 2 N–H and O–H groups in total. The van der Waals surface area contributed by atoms with E-state index in [4.69, 9.17) is 16.1 Å². The van der Waals surface area contributed by atoms with Gasteiger partial charge in [0.25, 0.3) is 0 Å². The van der Waals surface area contributed by atoms with Crippen LogP contribution in [-0.4, -0.2) is 42.6 Å². The number of hydrogen-bond acceptors (Lipinski definition) is 6. The van der Waals surface area contributed by atoms with Crippen molar-refractivity contribution in [2.75, 3.05) is 41.1 Å². The van der Waals surface area contributed by atoms with E-state index in [0.717, 1.165) is 5.69 Å². The molecule has 0 aliphatic rings. The van der Waals surface area contributed by atoms with Gasteiger partial charge >= 0.3 is 0 Å². The van der Waals surface area contributed by atoms with Crippen LogP contribution in [-0.2, 0) is 9.59 Å². The van der Waals surface area contributed by atoms with E-state index in [0.29, 0.717) is 22.3 Å². The van der Waals surface area contributed by atoms with Gasteiger partial charge in [-0.3, -0.25) is 9.59 Å². The monoisotopic (exact) mass is 382 g/mol. The number of thioether (sulfide) groups is 1. The highest BCUT2D eigenvalue weighted by atomic mass is 35.5. The molecule has 1 aromatic carbocycles. The summed E-state index contributed by atoms with van der Waals surface area (Å²) in [4.78, 5) is 25.8. The van der Waals surface area contributed by atoms with Crippen molar-refractivity contribution in [2.45, 2.75) is 6.92 Å². The maximum absolute atomic E-state index is 12.1. The summed E-state index contributed by atoms with van der Waals surface area (Å²) in [5.41, 5.74) is 1.48. The third-order valence-corrected chi connectivity index (χ3v) is 4.24. The molecule has 2 amide bonds. The Morgan fingerprint density at radius 2 is 1.88 bits per heavy atom. The first-order chi connectivity index (χ1) is 11.8. The van der Waals surface area contributed by atoms with Gasteiger partial charge in [0.1, 0.15) is 5.76 Å². The Bertz CT molecular complexity index is 764. The SMILES string of the molecule is Cc1cc(NC(=O)CSCC(=O)Nc2cc(Cl)ccc2N(C)C)no1. The number of halogens is 1. The molecule has 1 heterocycles. The Morgan fingerprint density at radius 1 is 1.20 bits per heavy atom. The molecule has 2 aromatic rings. The van der Waals surface area contributed by atoms with E-state index in [-0.39, 0.29) is 23.3 Å². The van der Waals surface area contributed by atoms with E-state index in [1.165, 1.54) is 11.8 Å². The van der Waals surface area contributed by atoms with Crippen molar-refractivity contribution in [3.8, 4) is 0 Å². The lowest BCUT2D eigenvalue weighted by atomic mass is 10.2. The van der Waals surface area contributed by atoms with E-state index in [2.05, 4.69) is 15.8 Å². The number of nitrogens with zero attached hydrogens (tertiary/aromatic N) is 2. The van der Waals surface area contributed by atoms with Crippen molar-refractivity contribution in [3.63, 3.8) is 0 Å². The predicted molar refractivity (Wildman–Crippen MR) is 102 cm³/mol. The molecule has 7 nitrogen and oxygen atoms in total. The Kier molecular flexibility index (Phi) is 6.72. The number of nitrogens with one attached hydrogen (secondary N) is 2. The molecule has 2 rings (SSSR count). The molecule has 0 fully saturated rings. The standard InChI is InChI=1S/C16H19ClN4O3S/c1-10-6-14(20-24-10)19-16(23)9-25-8-15(22)18-12-7-11(17)4-5-13(12)21(2)3/h4-7H,8-9H2,1-3H3,(H,18,22)(H,19,20,23). The summed E-state index contributed by atoms with van der Waals surface area (Å²) in [7, 11) is 3.76. The zero-order valence-electron chi connectivity index (χ0n) is 14.1. The van der Waals surface area contributed by atoms with Crippen molar-refractivity contribution in [2.24, 2.45) is 0 Å². The van der Waals surface area contributed by atoms with Crippen LogP contribution in [0.3, 0.4) is 0 Å². The quantitative estimate of drug-likeness (QED) is 0.765. The second-order valence-corrected chi connectivity index (χ2v) is 6.89. The van der Waals surface area contributed by atoms with Crippen LogP contribution in [0.4, 0.5) is 17.2 Å². The Morgan fingerprint density at radius 3 is 2.48 bits per heavy atom. The topological polar surface area (TPSA) is 87.5 Å². The normalized spacial score (nSPS) is 10.4. The van der Waals surface area contributed by atoms with Crippen LogP contribution in [0.1, 0.15) is 5.76 Å². The molecule has 0 bridgehead atoms. The number of anilines is 3. The van der Waals surface area contributed by atoms with E-state index < -0.39 is 0 Å². The number of rotatable bonds is 7. The van der Waals surface area contributed by atoms with Gasteiger partial charge in [-0.1, -0.05) is 16.8 Å². The van der Waals surface area contributed by atoms with E-state index in [1.54, 1.807) is 25.1 Å². The summed E-state index contributed by atoms with van der Waals surface area (Å²) in [6.07, 6.45) is 0. The lowest BCUT2D eigenvalue weighted by Crippen LogP contribution is -2.20. The first-order valence-corrected chi connectivity index (χ1v) is 8.96. The number of carbonyl (C=O) groups is 2. The predicted octanol–water partition coefficient (Wildman–Crippen LogP) is 3.01. The van der Waals surface area contributed by atoms with Crippen LogP contribution in [0.2, 0.25) is 5.02 Å². The molecule has 0 aliphatic heterocycles. The number of aryl methyl sites for hydroxylation is 1. The van der Waals surface area contributed by atoms with E-state index in [1.807, 2.05) is 25.1 Å². The third-order valence-electron chi connectivity index (χ3n) is 3.08. The number of hydrogen-bond donors (Lipinski definition) is 2. The second-order valence-electron chi connectivity index (χ2n) is 5.47. The zero-order valence-corrected chi connectivity index (χ0v) is 15.7. The third kappa shape index (κ3) is 5.99. The Labute approximate surface area is 155 Å². The van der Waals surface area contributed by atoms with Crippen molar-refractivity contribution in [1.82, 2.24) is 5.16 Å². The van der Waals surface area contributed by atoms with Gasteiger partial charge in [-0.25, -0.2) is 0 Å². The minimum atomic E-state index is -0.247. The molecule has 0 saturated carbocycles. The maximum Gasteiger partial charge on any atom is 0.235 e. The van der Waals surface area contributed by atoms with Crippen LogP contribution in [0.25, 0.3) is 0 Å². The van der Waals surface area contributed by atoms with Gasteiger partial charge in [-0.15, -0.1) is 11.8 Å². The van der Waals surface area contributed by atoms with Crippen molar-refractivity contribution in [1.29, 1.82) is 0 Å². The highest BCUT2D eigenvalue weighted by Crippen LogP contribution is 2.27. The fraction of sp³-hybridized carbons (Fsp3) is 0.312. The van der Waals surface area contributed by atoms with Crippen LogP contribution >= 0.6 is 23.4 Å². The van der Waals surface area contributed by atoms with Crippen LogP contribution in [0.15, 0.2) is 28.8 Å². The van der Waals surface area contributed by atoms with Gasteiger partial charge in [-0.2, -0.15) is 0 Å². The van der Waals surface area contributed by atoms with Crippen molar-refractivity contribution in [3.05, 3.63) is 35.0 Å². The highest BCUT2D eigenvalue weighted by Gasteiger charge is 2.11. The van der Waals surface area contributed by atoms with Gasteiger partial charge in [0.05, 0.1) is 22.9 Å². The summed E-state index contributed by atoms with van der Waals surface area (Å²) in [6, 6.07) is 6.91. The van der Waals surface area contributed by atoms with Crippen LogP contribution < -0.4 is 15.5 Å². The number of carbonyl (C=O) groups excluding carboxylic acids is 2. The van der Waals surface area contributed by atoms with E-state index in [9.17, 15) is 9.59 Å². The molecule has 9 heteroatoms. The summed E-state index contributed by atoms with van der Waals surface area (Å²) >= 11 is 7.19. The van der Waals surface area contributed by atoms with Gasteiger partial charge in [0, 0.05) is 25.2 Å². The Balaban J connectivity index is 1.81. The number of benzene rings is 1. The smallest absolute Gasteiger partial charge is 0.235 e. The average Bonchev–Trinajstić information content (AvgIpc) is 2.91. The molecule has 0 unspecified atom stereocenters.